The molecule has 7 nitrogen and oxygen atoms in total. The van der Waals surface area contributed by atoms with E-state index >= 15 is 0 Å². The van der Waals surface area contributed by atoms with Crippen molar-refractivity contribution in [3.8, 4) is 5.69 Å². The number of piperidine rings is 1. The van der Waals surface area contributed by atoms with Gasteiger partial charge in [0.15, 0.2) is 5.82 Å². The second kappa shape index (κ2) is 11.2. The molecule has 0 saturated carbocycles. The van der Waals surface area contributed by atoms with E-state index in [2.05, 4.69) is 46.7 Å². The van der Waals surface area contributed by atoms with Crippen molar-refractivity contribution in [2.45, 2.75) is 52.5 Å². The predicted octanol–water partition coefficient (Wildman–Crippen LogP) is 4.49. The molecule has 7 heteroatoms. The Kier molecular flexibility index (Phi) is 7.85. The number of anilines is 2. The summed E-state index contributed by atoms with van der Waals surface area (Å²) < 4.78 is 1.90. The number of aryl methyl sites for hydroxylation is 2. The molecular weight excluding hydrogens is 438 g/mol. The molecule has 0 bridgehead atoms. The largest absolute Gasteiger partial charge is 0.355 e. The molecule has 4 rings (SSSR count). The van der Waals surface area contributed by atoms with Crippen LogP contribution in [0.3, 0.4) is 0 Å². The van der Waals surface area contributed by atoms with Gasteiger partial charge in [-0.05, 0) is 57.2 Å². The lowest BCUT2D eigenvalue weighted by Gasteiger charge is -2.34. The van der Waals surface area contributed by atoms with E-state index in [1.54, 1.807) is 0 Å². The van der Waals surface area contributed by atoms with Crippen molar-refractivity contribution in [2.75, 3.05) is 23.3 Å². The molecule has 2 N–H and O–H groups in total. The molecule has 1 fully saturated rings. The molecule has 1 saturated heterocycles. The van der Waals surface area contributed by atoms with Crippen LogP contribution in [-0.4, -0.2) is 40.7 Å². The highest BCUT2D eigenvalue weighted by atomic mass is 16.2. The predicted molar refractivity (Wildman–Crippen MR) is 140 cm³/mol. The van der Waals surface area contributed by atoms with Gasteiger partial charge in [-0.2, -0.15) is 5.10 Å². The number of carbonyl (C=O) groups excluding carboxylic acids is 2. The fourth-order valence-electron chi connectivity index (χ4n) is 4.69. The van der Waals surface area contributed by atoms with E-state index in [1.807, 2.05) is 48.0 Å². The number of amides is 2. The van der Waals surface area contributed by atoms with E-state index in [9.17, 15) is 9.59 Å². The summed E-state index contributed by atoms with van der Waals surface area (Å²) in [6.07, 6.45) is 3.39. The molecule has 184 valence electrons. The first-order valence-electron chi connectivity index (χ1n) is 12.4. The highest BCUT2D eigenvalue weighted by Gasteiger charge is 2.30. The van der Waals surface area contributed by atoms with E-state index in [4.69, 9.17) is 5.10 Å². The fraction of sp³-hybridized carbons (Fsp3) is 0.393. The van der Waals surface area contributed by atoms with Gasteiger partial charge in [0.05, 0.1) is 11.4 Å². The van der Waals surface area contributed by atoms with Gasteiger partial charge < -0.3 is 15.5 Å². The van der Waals surface area contributed by atoms with Gasteiger partial charge in [0.25, 0.3) is 0 Å². The summed E-state index contributed by atoms with van der Waals surface area (Å²) in [7, 11) is 0. The van der Waals surface area contributed by atoms with Crippen LogP contribution in [0.2, 0.25) is 0 Å². The van der Waals surface area contributed by atoms with Crippen molar-refractivity contribution in [2.24, 2.45) is 5.92 Å². The zero-order chi connectivity index (χ0) is 24.8. The van der Waals surface area contributed by atoms with Crippen LogP contribution in [0.15, 0.2) is 60.7 Å². The maximum absolute atomic E-state index is 13.0. The van der Waals surface area contributed by atoms with Gasteiger partial charge in [0.1, 0.15) is 5.69 Å². The summed E-state index contributed by atoms with van der Waals surface area (Å²) in [4.78, 5) is 27.1. The van der Waals surface area contributed by atoms with Crippen LogP contribution < -0.4 is 15.5 Å². The number of benzene rings is 2. The number of hydrogen-bond acceptors (Lipinski definition) is 4. The second-order valence-corrected chi connectivity index (χ2v) is 9.41. The molecule has 2 amide bonds. The van der Waals surface area contributed by atoms with Crippen LogP contribution in [0.4, 0.5) is 11.5 Å². The minimum atomic E-state index is -0.124. The maximum atomic E-state index is 13.0. The third kappa shape index (κ3) is 6.10. The second-order valence-electron chi connectivity index (χ2n) is 9.41. The van der Waals surface area contributed by atoms with Crippen LogP contribution in [0.5, 0.6) is 0 Å². The van der Waals surface area contributed by atoms with Gasteiger partial charge in [-0.15, -0.1) is 0 Å². The van der Waals surface area contributed by atoms with Crippen LogP contribution in [-0.2, 0) is 16.0 Å². The van der Waals surface area contributed by atoms with E-state index in [-0.39, 0.29) is 23.8 Å². The third-order valence-corrected chi connectivity index (χ3v) is 6.60. The molecule has 1 atom stereocenters. The van der Waals surface area contributed by atoms with Gasteiger partial charge in [-0.1, -0.05) is 48.5 Å². The highest BCUT2D eigenvalue weighted by Crippen LogP contribution is 2.34. The Morgan fingerprint density at radius 1 is 1.03 bits per heavy atom. The molecule has 0 spiro atoms. The van der Waals surface area contributed by atoms with Crippen molar-refractivity contribution in [1.29, 1.82) is 0 Å². The number of nitrogens with zero attached hydrogens (tertiary/aromatic N) is 3. The Morgan fingerprint density at radius 2 is 1.66 bits per heavy atom. The Labute approximate surface area is 207 Å². The number of carbonyl (C=O) groups is 2. The van der Waals surface area contributed by atoms with E-state index in [0.29, 0.717) is 0 Å². The first kappa shape index (κ1) is 24.5. The van der Waals surface area contributed by atoms with E-state index in [1.165, 1.54) is 12.5 Å². The van der Waals surface area contributed by atoms with Gasteiger partial charge in [0.2, 0.25) is 11.8 Å². The van der Waals surface area contributed by atoms with Crippen molar-refractivity contribution in [3.63, 3.8) is 0 Å². The van der Waals surface area contributed by atoms with Gasteiger partial charge in [0, 0.05) is 32.0 Å². The quantitative estimate of drug-likeness (QED) is 0.505. The lowest BCUT2D eigenvalue weighted by atomic mass is 9.95. The Bertz CT molecular complexity index is 1130. The van der Waals surface area contributed by atoms with Crippen molar-refractivity contribution in [3.05, 3.63) is 71.9 Å². The van der Waals surface area contributed by atoms with Crippen LogP contribution >= 0.6 is 0 Å². The minimum absolute atomic E-state index is 0.0103. The molecule has 35 heavy (non-hydrogen) atoms. The molecule has 2 heterocycles. The summed E-state index contributed by atoms with van der Waals surface area (Å²) >= 11 is 0. The SMILES string of the molecule is CC(=O)Nc1c(C)nn(-c2ccccc2)c1N1CCC(C(=O)N[C@H](C)CCc2ccccc2)CC1. The van der Waals surface area contributed by atoms with Gasteiger partial charge >= 0.3 is 0 Å². The van der Waals surface area contributed by atoms with E-state index < -0.39 is 0 Å². The monoisotopic (exact) mass is 473 g/mol. The zero-order valence-electron chi connectivity index (χ0n) is 20.8. The zero-order valence-corrected chi connectivity index (χ0v) is 20.8. The summed E-state index contributed by atoms with van der Waals surface area (Å²) in [5.41, 5.74) is 3.74. The first-order chi connectivity index (χ1) is 16.9. The smallest absolute Gasteiger partial charge is 0.223 e. The molecule has 0 radical (unpaired) electrons. The topological polar surface area (TPSA) is 79.3 Å². The van der Waals surface area contributed by atoms with Crippen molar-refractivity contribution in [1.82, 2.24) is 15.1 Å². The normalized spacial score (nSPS) is 15.0. The molecule has 1 aliphatic rings. The average Bonchev–Trinajstić information content (AvgIpc) is 3.19. The number of hydrogen-bond donors (Lipinski definition) is 2. The van der Waals surface area contributed by atoms with Gasteiger partial charge in [-0.25, -0.2) is 4.68 Å². The average molecular weight is 474 g/mol. The first-order valence-corrected chi connectivity index (χ1v) is 12.4. The molecule has 1 aliphatic heterocycles. The molecule has 2 aromatic carbocycles. The summed E-state index contributed by atoms with van der Waals surface area (Å²) in [6.45, 7) is 6.95. The van der Waals surface area contributed by atoms with Crippen molar-refractivity contribution >= 4 is 23.3 Å². The summed E-state index contributed by atoms with van der Waals surface area (Å²) in [6, 6.07) is 20.4. The van der Waals surface area contributed by atoms with Crippen LogP contribution in [0, 0.1) is 12.8 Å². The Balaban J connectivity index is 1.40. The van der Waals surface area contributed by atoms with Gasteiger partial charge in [-0.3, -0.25) is 9.59 Å². The number of nitrogens with one attached hydrogen (secondary N) is 2. The standard InChI is InChI=1S/C28H35N5O2/c1-20(14-15-23-10-6-4-7-11-23)29-27(35)24-16-18-32(19-17-24)28-26(30-22(3)34)21(2)31-33(28)25-12-8-5-9-13-25/h4-13,20,24H,14-19H2,1-3H3,(H,29,35)(H,30,34)/t20-/m1/s1. The Morgan fingerprint density at radius 3 is 2.29 bits per heavy atom. The Hall–Kier alpha value is -3.61. The van der Waals surface area contributed by atoms with Crippen molar-refractivity contribution < 1.29 is 9.59 Å². The van der Waals surface area contributed by atoms with Crippen LogP contribution in [0.25, 0.3) is 5.69 Å². The fourth-order valence-corrected chi connectivity index (χ4v) is 4.69. The number of rotatable bonds is 8. The number of aromatic nitrogens is 2. The maximum Gasteiger partial charge on any atom is 0.223 e. The van der Waals surface area contributed by atoms with E-state index in [0.717, 1.165) is 61.7 Å². The van der Waals surface area contributed by atoms with Crippen LogP contribution in [0.1, 0.15) is 44.4 Å². The molecule has 0 aliphatic carbocycles. The summed E-state index contributed by atoms with van der Waals surface area (Å²) in [5.74, 6) is 0.878. The lowest BCUT2D eigenvalue weighted by molar-refractivity contribution is -0.126. The molecular formula is C28H35N5O2. The molecule has 0 unspecified atom stereocenters. The summed E-state index contributed by atoms with van der Waals surface area (Å²) in [5, 5.41) is 10.9. The third-order valence-electron chi connectivity index (χ3n) is 6.60. The molecule has 3 aromatic rings. The highest BCUT2D eigenvalue weighted by molar-refractivity contribution is 5.93. The molecule has 1 aromatic heterocycles. The lowest BCUT2D eigenvalue weighted by Crippen LogP contribution is -2.43. The minimum Gasteiger partial charge on any atom is -0.355 e. The number of para-hydroxylation sites is 1.